The molecule has 1 amide bonds. The minimum atomic E-state index is -0.326. The Hall–Kier alpha value is -1.39. The normalized spacial score (nSPS) is 10.3. The predicted octanol–water partition coefficient (Wildman–Crippen LogP) is 3.66. The van der Waals surface area contributed by atoms with Gasteiger partial charge >= 0.3 is 0 Å². The number of carbonyl (C=O) groups excluding carboxylic acids is 1. The predicted molar refractivity (Wildman–Crippen MR) is 72.6 cm³/mol. The molecule has 18 heavy (non-hydrogen) atoms. The number of nitrogens with zero attached hydrogens (tertiary/aromatic N) is 1. The van der Waals surface area contributed by atoms with E-state index in [0.29, 0.717) is 12.2 Å². The number of thiophene rings is 1. The minimum absolute atomic E-state index is 0.0945. The first kappa shape index (κ1) is 13.1. The van der Waals surface area contributed by atoms with Crippen LogP contribution in [0, 0.1) is 5.82 Å². The van der Waals surface area contributed by atoms with Gasteiger partial charge in [-0.25, -0.2) is 4.39 Å². The van der Waals surface area contributed by atoms with Crippen LogP contribution in [0.5, 0.6) is 0 Å². The maximum atomic E-state index is 12.9. The highest BCUT2D eigenvalue weighted by Gasteiger charge is 2.15. The van der Waals surface area contributed by atoms with Gasteiger partial charge in [0.25, 0.3) is 0 Å². The molecule has 5 heteroatoms. The van der Waals surface area contributed by atoms with E-state index in [0.717, 1.165) is 4.88 Å². The first-order valence-electron chi connectivity index (χ1n) is 5.35. The Bertz CT molecular complexity index is 512. The quantitative estimate of drug-likeness (QED) is 0.784. The maximum absolute atomic E-state index is 12.9. The fraction of sp³-hybridized carbons (Fsp3) is 0.154. The van der Waals surface area contributed by atoms with Crippen LogP contribution in [0.2, 0.25) is 0 Å². The van der Waals surface area contributed by atoms with Gasteiger partial charge in [-0.05, 0) is 35.7 Å². The van der Waals surface area contributed by atoms with Crippen LogP contribution in [-0.4, -0.2) is 11.8 Å². The number of hydrogen-bond acceptors (Lipinski definition) is 2. The number of carbonyl (C=O) groups is 1. The van der Waals surface area contributed by atoms with Crippen molar-refractivity contribution in [3.63, 3.8) is 0 Å². The lowest BCUT2D eigenvalue weighted by atomic mass is 10.2. The number of hydrogen-bond donors (Lipinski definition) is 0. The summed E-state index contributed by atoms with van der Waals surface area (Å²) >= 11 is 7.17. The monoisotopic (exact) mass is 283 g/mol. The molecule has 0 fully saturated rings. The Balaban J connectivity index is 2.25. The van der Waals surface area contributed by atoms with Gasteiger partial charge < -0.3 is 4.90 Å². The van der Waals surface area contributed by atoms with Crippen LogP contribution in [-0.2, 0) is 11.3 Å². The van der Waals surface area contributed by atoms with Crippen molar-refractivity contribution in [3.8, 4) is 0 Å². The third-order valence-electron chi connectivity index (χ3n) is 2.45. The summed E-state index contributed by atoms with van der Waals surface area (Å²) < 4.78 is 12.9. The molecule has 0 atom stereocenters. The van der Waals surface area contributed by atoms with Gasteiger partial charge in [0.15, 0.2) is 0 Å². The van der Waals surface area contributed by atoms with Gasteiger partial charge in [0.2, 0.25) is 5.91 Å². The third-order valence-corrected chi connectivity index (χ3v) is 3.54. The van der Waals surface area contributed by atoms with Crippen molar-refractivity contribution in [1.82, 2.24) is 0 Å². The second-order valence-corrected chi connectivity index (χ2v) is 4.97. The van der Waals surface area contributed by atoms with Crippen molar-refractivity contribution in [2.75, 3.05) is 10.8 Å². The van der Waals surface area contributed by atoms with Crippen molar-refractivity contribution in [2.45, 2.75) is 6.54 Å². The largest absolute Gasteiger partial charge is 0.306 e. The average Bonchev–Trinajstić information content (AvgIpc) is 2.89. The van der Waals surface area contributed by atoms with E-state index in [2.05, 4.69) is 0 Å². The number of amides is 1. The first-order chi connectivity index (χ1) is 8.70. The Kier molecular flexibility index (Phi) is 4.33. The van der Waals surface area contributed by atoms with E-state index in [9.17, 15) is 9.18 Å². The van der Waals surface area contributed by atoms with Gasteiger partial charge in [0.05, 0.1) is 6.54 Å². The lowest BCUT2D eigenvalue weighted by molar-refractivity contribution is -0.116. The van der Waals surface area contributed by atoms with E-state index < -0.39 is 0 Å². The van der Waals surface area contributed by atoms with Crippen LogP contribution in [0.4, 0.5) is 10.1 Å². The Morgan fingerprint density at radius 2 is 2.00 bits per heavy atom. The molecule has 0 unspecified atom stereocenters. The smallest absolute Gasteiger partial charge is 0.242 e. The highest BCUT2D eigenvalue weighted by molar-refractivity contribution is 7.09. The second-order valence-electron chi connectivity index (χ2n) is 3.67. The molecule has 94 valence electrons. The topological polar surface area (TPSA) is 20.3 Å². The van der Waals surface area contributed by atoms with E-state index in [1.807, 2.05) is 17.5 Å². The molecular formula is C13H11ClFNOS. The molecule has 0 saturated heterocycles. The molecule has 2 rings (SSSR count). The molecule has 1 aromatic heterocycles. The zero-order chi connectivity index (χ0) is 13.0. The van der Waals surface area contributed by atoms with Crippen molar-refractivity contribution in [1.29, 1.82) is 0 Å². The SMILES string of the molecule is O=C(CCl)N(Cc1cccs1)c1ccc(F)cc1. The number of alkyl halides is 1. The minimum Gasteiger partial charge on any atom is -0.306 e. The Morgan fingerprint density at radius 1 is 1.28 bits per heavy atom. The number of anilines is 1. The average molecular weight is 284 g/mol. The molecule has 1 aromatic carbocycles. The molecule has 0 aliphatic rings. The highest BCUT2D eigenvalue weighted by atomic mass is 35.5. The molecule has 0 aliphatic heterocycles. The van der Waals surface area contributed by atoms with E-state index in [1.165, 1.54) is 12.1 Å². The van der Waals surface area contributed by atoms with E-state index in [4.69, 9.17) is 11.6 Å². The molecule has 0 N–H and O–H groups in total. The Morgan fingerprint density at radius 3 is 2.56 bits per heavy atom. The second kappa shape index (κ2) is 5.98. The summed E-state index contributed by atoms with van der Waals surface area (Å²) in [5, 5.41) is 1.95. The summed E-state index contributed by atoms with van der Waals surface area (Å²) in [6.45, 7) is 0.453. The molecule has 0 radical (unpaired) electrons. The fourth-order valence-electron chi connectivity index (χ4n) is 1.58. The van der Waals surface area contributed by atoms with Crippen molar-refractivity contribution in [2.24, 2.45) is 0 Å². The third kappa shape index (κ3) is 3.09. The molecule has 0 aliphatic carbocycles. The summed E-state index contributed by atoms with van der Waals surface area (Å²) in [7, 11) is 0. The van der Waals surface area contributed by atoms with Crippen LogP contribution < -0.4 is 4.90 Å². The molecule has 2 nitrogen and oxygen atoms in total. The van der Waals surface area contributed by atoms with Crippen molar-refractivity contribution in [3.05, 3.63) is 52.5 Å². The van der Waals surface area contributed by atoms with E-state index in [-0.39, 0.29) is 17.6 Å². The molecule has 1 heterocycles. The standard InChI is InChI=1S/C13H11ClFNOS/c14-8-13(17)16(9-12-2-1-7-18-12)11-5-3-10(15)4-6-11/h1-7H,8-9H2. The maximum Gasteiger partial charge on any atom is 0.242 e. The van der Waals surface area contributed by atoms with Crippen LogP contribution >= 0.6 is 22.9 Å². The lowest BCUT2D eigenvalue weighted by Crippen LogP contribution is -2.31. The van der Waals surface area contributed by atoms with Gasteiger partial charge in [0.1, 0.15) is 11.7 Å². The van der Waals surface area contributed by atoms with E-state index >= 15 is 0 Å². The number of rotatable bonds is 4. The summed E-state index contributed by atoms with van der Waals surface area (Å²) in [4.78, 5) is 14.4. The first-order valence-corrected chi connectivity index (χ1v) is 6.76. The lowest BCUT2D eigenvalue weighted by Gasteiger charge is -2.21. The van der Waals surface area contributed by atoms with Gasteiger partial charge in [-0.3, -0.25) is 4.79 Å². The molecular weight excluding hydrogens is 273 g/mol. The zero-order valence-corrected chi connectivity index (χ0v) is 11.0. The summed E-state index contributed by atoms with van der Waals surface area (Å²) in [5.41, 5.74) is 0.649. The van der Waals surface area contributed by atoms with Crippen LogP contribution in [0.3, 0.4) is 0 Å². The zero-order valence-electron chi connectivity index (χ0n) is 9.48. The highest BCUT2D eigenvalue weighted by Crippen LogP contribution is 2.20. The molecule has 0 saturated carbocycles. The van der Waals surface area contributed by atoms with Gasteiger partial charge in [-0.2, -0.15) is 0 Å². The Labute approximate surface area is 114 Å². The van der Waals surface area contributed by atoms with Gasteiger partial charge in [-0.1, -0.05) is 6.07 Å². The fourth-order valence-corrected chi connectivity index (χ4v) is 2.41. The summed E-state index contributed by atoms with van der Waals surface area (Å²) in [6.07, 6.45) is 0. The van der Waals surface area contributed by atoms with Gasteiger partial charge in [0, 0.05) is 10.6 Å². The molecule has 0 bridgehead atoms. The van der Waals surface area contributed by atoms with Crippen LogP contribution in [0.25, 0.3) is 0 Å². The van der Waals surface area contributed by atoms with E-state index in [1.54, 1.807) is 28.4 Å². The van der Waals surface area contributed by atoms with Crippen LogP contribution in [0.15, 0.2) is 41.8 Å². The van der Waals surface area contributed by atoms with Gasteiger partial charge in [-0.15, -0.1) is 22.9 Å². The number of benzene rings is 1. The summed E-state index contributed by atoms with van der Waals surface area (Å²) in [5.74, 6) is -0.618. The summed E-state index contributed by atoms with van der Waals surface area (Å²) in [6, 6.07) is 9.69. The number of halogens is 2. The van der Waals surface area contributed by atoms with Crippen LogP contribution in [0.1, 0.15) is 4.88 Å². The molecule has 0 spiro atoms. The van der Waals surface area contributed by atoms with Crippen molar-refractivity contribution >= 4 is 34.5 Å². The van der Waals surface area contributed by atoms with Crippen molar-refractivity contribution < 1.29 is 9.18 Å². The molecule has 2 aromatic rings.